The average molecular weight is 290 g/mol. The Labute approximate surface area is 115 Å². The van der Waals surface area contributed by atoms with Gasteiger partial charge in [-0.15, -0.1) is 0 Å². The van der Waals surface area contributed by atoms with E-state index in [0.717, 1.165) is 0 Å². The highest BCUT2D eigenvalue weighted by Crippen LogP contribution is 2.19. The Morgan fingerprint density at radius 2 is 1.90 bits per heavy atom. The van der Waals surface area contributed by atoms with Crippen LogP contribution < -0.4 is 5.73 Å². The molecule has 3 N–H and O–H groups in total. The van der Waals surface area contributed by atoms with E-state index in [1.54, 1.807) is 30.3 Å². The summed E-state index contributed by atoms with van der Waals surface area (Å²) >= 11 is 0. The second kappa shape index (κ2) is 7.25. The lowest BCUT2D eigenvalue weighted by Crippen LogP contribution is -2.41. The van der Waals surface area contributed by atoms with E-state index in [0.29, 0.717) is 10.5 Å². The van der Waals surface area contributed by atoms with E-state index in [-0.39, 0.29) is 13.0 Å². The fourth-order valence-corrected chi connectivity index (χ4v) is 1.76. The van der Waals surface area contributed by atoms with Gasteiger partial charge in [0.05, 0.1) is 6.61 Å². The highest BCUT2D eigenvalue weighted by Gasteiger charge is 2.33. The SMILES string of the molecule is NC(CC(=O)N(CCO)CC(F)(F)F)c1ccccc1. The first-order valence-electron chi connectivity index (χ1n) is 6.09. The molecule has 4 nitrogen and oxygen atoms in total. The van der Waals surface area contributed by atoms with Gasteiger partial charge >= 0.3 is 6.18 Å². The minimum atomic E-state index is -4.50. The van der Waals surface area contributed by atoms with Crippen LogP contribution in [0.2, 0.25) is 0 Å². The minimum Gasteiger partial charge on any atom is -0.395 e. The summed E-state index contributed by atoms with van der Waals surface area (Å²) in [4.78, 5) is 12.4. The summed E-state index contributed by atoms with van der Waals surface area (Å²) in [6.07, 6.45) is -4.73. The largest absolute Gasteiger partial charge is 0.406 e. The monoisotopic (exact) mass is 290 g/mol. The normalized spacial score (nSPS) is 13.1. The molecule has 7 heteroatoms. The van der Waals surface area contributed by atoms with Crippen molar-refractivity contribution in [1.29, 1.82) is 0 Å². The van der Waals surface area contributed by atoms with Gasteiger partial charge in [0.2, 0.25) is 5.91 Å². The summed E-state index contributed by atoms with van der Waals surface area (Å²) < 4.78 is 37.0. The zero-order valence-corrected chi connectivity index (χ0v) is 10.8. The molecular weight excluding hydrogens is 273 g/mol. The van der Waals surface area contributed by atoms with Gasteiger partial charge in [0.15, 0.2) is 0 Å². The fourth-order valence-electron chi connectivity index (χ4n) is 1.76. The van der Waals surface area contributed by atoms with Crippen molar-refractivity contribution in [3.05, 3.63) is 35.9 Å². The lowest BCUT2D eigenvalue weighted by molar-refractivity contribution is -0.162. The predicted octanol–water partition coefficient (Wildman–Crippen LogP) is 1.46. The number of rotatable bonds is 6. The Morgan fingerprint density at radius 3 is 2.40 bits per heavy atom. The average Bonchev–Trinajstić information content (AvgIpc) is 2.37. The fraction of sp³-hybridized carbons (Fsp3) is 0.462. The van der Waals surface area contributed by atoms with Crippen LogP contribution in [0.4, 0.5) is 13.2 Å². The van der Waals surface area contributed by atoms with Gasteiger partial charge in [-0.25, -0.2) is 0 Å². The molecule has 0 heterocycles. The van der Waals surface area contributed by atoms with Crippen LogP contribution in [0.5, 0.6) is 0 Å². The number of nitrogens with zero attached hydrogens (tertiary/aromatic N) is 1. The summed E-state index contributed by atoms with van der Waals surface area (Å²) in [7, 11) is 0. The molecule has 0 fully saturated rings. The first kappa shape index (κ1) is 16.5. The number of hydrogen-bond acceptors (Lipinski definition) is 3. The molecule has 0 aliphatic rings. The topological polar surface area (TPSA) is 66.6 Å². The van der Waals surface area contributed by atoms with Crippen molar-refractivity contribution in [2.75, 3.05) is 19.7 Å². The van der Waals surface area contributed by atoms with Crippen molar-refractivity contribution >= 4 is 5.91 Å². The summed E-state index contributed by atoms with van der Waals surface area (Å²) in [5, 5.41) is 8.74. The number of carbonyl (C=O) groups excluding carboxylic acids is 1. The zero-order valence-electron chi connectivity index (χ0n) is 10.8. The number of carbonyl (C=O) groups is 1. The Bertz CT molecular complexity index is 423. The van der Waals surface area contributed by atoms with Gasteiger partial charge in [0.25, 0.3) is 0 Å². The quantitative estimate of drug-likeness (QED) is 0.833. The first-order valence-corrected chi connectivity index (χ1v) is 6.09. The van der Waals surface area contributed by atoms with Crippen molar-refractivity contribution in [3.63, 3.8) is 0 Å². The summed E-state index contributed by atoms with van der Waals surface area (Å²) in [5.74, 6) is -0.729. The number of aliphatic hydroxyl groups is 1. The molecule has 0 aliphatic heterocycles. The van der Waals surface area contributed by atoms with E-state index in [9.17, 15) is 18.0 Å². The molecule has 112 valence electrons. The molecule has 0 bridgehead atoms. The van der Waals surface area contributed by atoms with Crippen LogP contribution in [-0.2, 0) is 4.79 Å². The van der Waals surface area contributed by atoms with Crippen molar-refractivity contribution in [3.8, 4) is 0 Å². The van der Waals surface area contributed by atoms with Gasteiger partial charge in [-0.2, -0.15) is 13.2 Å². The van der Waals surface area contributed by atoms with E-state index < -0.39 is 31.3 Å². The van der Waals surface area contributed by atoms with Gasteiger partial charge in [-0.3, -0.25) is 4.79 Å². The first-order chi connectivity index (χ1) is 9.33. The molecule has 0 saturated carbocycles. The molecule has 0 radical (unpaired) electrons. The number of alkyl halides is 3. The zero-order chi connectivity index (χ0) is 15.2. The summed E-state index contributed by atoms with van der Waals surface area (Å²) in [5.41, 5.74) is 6.48. The molecule has 0 aromatic heterocycles. The Balaban J connectivity index is 2.66. The molecule has 1 amide bonds. The Morgan fingerprint density at radius 1 is 1.30 bits per heavy atom. The van der Waals surface area contributed by atoms with Gasteiger partial charge in [0, 0.05) is 19.0 Å². The maximum atomic E-state index is 12.3. The van der Waals surface area contributed by atoms with E-state index >= 15 is 0 Å². The Kier molecular flexibility index (Phi) is 5.97. The number of nitrogens with two attached hydrogens (primary N) is 1. The van der Waals surface area contributed by atoms with Crippen molar-refractivity contribution < 1.29 is 23.1 Å². The smallest absolute Gasteiger partial charge is 0.395 e. The standard InChI is InChI=1S/C13H17F3N2O2/c14-13(15,16)9-18(6-7-19)12(20)8-11(17)10-4-2-1-3-5-10/h1-5,11,19H,6-9,17H2. The lowest BCUT2D eigenvalue weighted by atomic mass is 10.0. The molecule has 1 rings (SSSR count). The third-order valence-electron chi connectivity index (χ3n) is 2.72. The third-order valence-corrected chi connectivity index (χ3v) is 2.72. The number of aliphatic hydroxyl groups excluding tert-OH is 1. The third kappa shape index (κ3) is 5.58. The lowest BCUT2D eigenvalue weighted by Gasteiger charge is -2.24. The highest BCUT2D eigenvalue weighted by atomic mass is 19.4. The van der Waals surface area contributed by atoms with Gasteiger partial charge in [0.1, 0.15) is 6.54 Å². The van der Waals surface area contributed by atoms with Crippen LogP contribution in [0.3, 0.4) is 0 Å². The molecule has 0 spiro atoms. The maximum absolute atomic E-state index is 12.3. The van der Waals surface area contributed by atoms with Crippen LogP contribution in [0, 0.1) is 0 Å². The van der Waals surface area contributed by atoms with Crippen LogP contribution in [0.25, 0.3) is 0 Å². The predicted molar refractivity (Wildman–Crippen MR) is 67.7 cm³/mol. The molecule has 1 aromatic rings. The number of hydrogen-bond donors (Lipinski definition) is 2. The molecule has 1 atom stereocenters. The molecule has 1 aromatic carbocycles. The molecule has 20 heavy (non-hydrogen) atoms. The number of amides is 1. The van der Waals surface area contributed by atoms with E-state index in [4.69, 9.17) is 10.8 Å². The summed E-state index contributed by atoms with van der Waals surface area (Å²) in [6, 6.07) is 8.00. The van der Waals surface area contributed by atoms with Gasteiger partial charge < -0.3 is 15.7 Å². The number of halogens is 3. The second-order valence-corrected chi connectivity index (χ2v) is 4.38. The molecule has 0 saturated heterocycles. The van der Waals surface area contributed by atoms with E-state index in [2.05, 4.69) is 0 Å². The Hall–Kier alpha value is -1.60. The van der Waals surface area contributed by atoms with Gasteiger partial charge in [-0.05, 0) is 5.56 Å². The van der Waals surface area contributed by atoms with E-state index in [1.165, 1.54) is 0 Å². The van der Waals surface area contributed by atoms with Crippen LogP contribution >= 0.6 is 0 Å². The summed E-state index contributed by atoms with van der Waals surface area (Å²) in [6.45, 7) is -2.27. The van der Waals surface area contributed by atoms with Gasteiger partial charge in [-0.1, -0.05) is 30.3 Å². The van der Waals surface area contributed by atoms with E-state index in [1.807, 2.05) is 0 Å². The minimum absolute atomic E-state index is 0.236. The number of benzene rings is 1. The molecule has 0 aliphatic carbocycles. The van der Waals surface area contributed by atoms with Crippen molar-refractivity contribution in [1.82, 2.24) is 4.90 Å². The van der Waals surface area contributed by atoms with Crippen molar-refractivity contribution in [2.24, 2.45) is 5.73 Å². The van der Waals surface area contributed by atoms with Crippen molar-refractivity contribution in [2.45, 2.75) is 18.6 Å². The van der Waals surface area contributed by atoms with Crippen LogP contribution in [0.1, 0.15) is 18.0 Å². The van der Waals surface area contributed by atoms with Crippen LogP contribution in [-0.4, -0.2) is 41.8 Å². The second-order valence-electron chi connectivity index (χ2n) is 4.38. The maximum Gasteiger partial charge on any atom is 0.406 e. The molecule has 1 unspecified atom stereocenters. The highest BCUT2D eigenvalue weighted by molar-refractivity contribution is 5.77. The van der Waals surface area contributed by atoms with Crippen LogP contribution in [0.15, 0.2) is 30.3 Å². The molecular formula is C13H17F3N2O2.